The first kappa shape index (κ1) is 16.6. The van der Waals surface area contributed by atoms with Crippen LogP contribution in [0.5, 0.6) is 0 Å². The van der Waals surface area contributed by atoms with Gasteiger partial charge in [0, 0.05) is 18.1 Å². The third kappa shape index (κ3) is 4.87. The van der Waals surface area contributed by atoms with Gasteiger partial charge in [-0.25, -0.2) is 8.42 Å². The van der Waals surface area contributed by atoms with Gasteiger partial charge in [-0.3, -0.25) is 14.9 Å². The minimum Gasteiger partial charge on any atom is -0.480 e. The van der Waals surface area contributed by atoms with Crippen LogP contribution in [0.15, 0.2) is 24.3 Å². The number of para-hydroxylation sites is 1. The van der Waals surface area contributed by atoms with Crippen LogP contribution in [0, 0.1) is 22.5 Å². The fourth-order valence-electron chi connectivity index (χ4n) is 1.57. The minimum atomic E-state index is -4.09. The Hall–Kier alpha value is -2.44. The number of terminal acetylenes is 1. The third-order valence-electron chi connectivity index (χ3n) is 2.48. The fourth-order valence-corrected chi connectivity index (χ4v) is 2.93. The van der Waals surface area contributed by atoms with Gasteiger partial charge in [-0.15, -0.1) is 12.3 Å². The van der Waals surface area contributed by atoms with Crippen LogP contribution < -0.4 is 4.72 Å². The molecule has 0 aromatic heterocycles. The van der Waals surface area contributed by atoms with E-state index in [1.54, 1.807) is 0 Å². The Bertz CT molecular complexity index is 692. The van der Waals surface area contributed by atoms with Crippen molar-refractivity contribution in [2.24, 2.45) is 0 Å². The van der Waals surface area contributed by atoms with E-state index in [1.165, 1.54) is 24.3 Å². The molecule has 0 heterocycles. The molecule has 0 spiro atoms. The number of carboxylic acids is 1. The monoisotopic (exact) mass is 312 g/mol. The van der Waals surface area contributed by atoms with Crippen molar-refractivity contribution in [3.63, 3.8) is 0 Å². The van der Waals surface area contributed by atoms with E-state index < -0.39 is 32.7 Å². The molecule has 0 amide bonds. The van der Waals surface area contributed by atoms with E-state index >= 15 is 0 Å². The van der Waals surface area contributed by atoms with Gasteiger partial charge in [-0.05, 0) is 0 Å². The van der Waals surface area contributed by atoms with Crippen molar-refractivity contribution in [1.29, 1.82) is 0 Å². The number of sulfonamides is 1. The molecule has 0 radical (unpaired) electrons. The number of aliphatic carboxylic acids is 1. The lowest BCUT2D eigenvalue weighted by molar-refractivity contribution is -0.385. The molecule has 0 saturated heterocycles. The summed E-state index contributed by atoms with van der Waals surface area (Å²) in [7, 11) is -4.09. The SMILES string of the molecule is C#CCC(NS(=O)(=O)Cc1ccccc1[N+](=O)[O-])C(=O)O. The minimum absolute atomic E-state index is 0.0418. The molecule has 2 N–H and O–H groups in total. The molecule has 0 aliphatic carbocycles. The molecule has 0 saturated carbocycles. The van der Waals surface area contributed by atoms with E-state index in [1.807, 2.05) is 10.6 Å². The predicted molar refractivity (Wildman–Crippen MR) is 73.7 cm³/mol. The molecular formula is C12H12N2O6S. The number of hydrogen-bond donors (Lipinski definition) is 2. The Morgan fingerprint density at radius 1 is 1.48 bits per heavy atom. The Morgan fingerprint density at radius 3 is 2.62 bits per heavy atom. The first-order valence-corrected chi connectivity index (χ1v) is 7.30. The summed E-state index contributed by atoms with van der Waals surface area (Å²) in [4.78, 5) is 21.0. The maximum Gasteiger partial charge on any atom is 0.322 e. The molecule has 1 unspecified atom stereocenters. The van der Waals surface area contributed by atoms with Crippen LogP contribution in [0.3, 0.4) is 0 Å². The standard InChI is InChI=1S/C12H12N2O6S/c1-2-5-10(12(15)16)13-21(19,20)8-9-6-3-4-7-11(9)14(17)18/h1,3-4,6-7,10,13H,5,8H2,(H,15,16). The summed E-state index contributed by atoms with van der Waals surface area (Å²) in [6.07, 6.45) is 4.64. The lowest BCUT2D eigenvalue weighted by Gasteiger charge is -2.12. The highest BCUT2D eigenvalue weighted by molar-refractivity contribution is 7.88. The van der Waals surface area contributed by atoms with Crippen molar-refractivity contribution in [3.05, 3.63) is 39.9 Å². The van der Waals surface area contributed by atoms with Gasteiger partial charge >= 0.3 is 5.97 Å². The number of hydrogen-bond acceptors (Lipinski definition) is 5. The lowest BCUT2D eigenvalue weighted by atomic mass is 10.2. The first-order chi connectivity index (χ1) is 9.76. The highest BCUT2D eigenvalue weighted by Crippen LogP contribution is 2.19. The molecular weight excluding hydrogens is 300 g/mol. The van der Waals surface area contributed by atoms with Crippen LogP contribution in [0.2, 0.25) is 0 Å². The molecule has 1 aromatic carbocycles. The summed E-state index contributed by atoms with van der Waals surface area (Å²) in [6.45, 7) is 0. The largest absolute Gasteiger partial charge is 0.480 e. The molecule has 0 aliphatic heterocycles. The van der Waals surface area contributed by atoms with E-state index in [-0.39, 0.29) is 17.7 Å². The van der Waals surface area contributed by atoms with Gasteiger partial charge in [0.15, 0.2) is 0 Å². The number of nitro benzene ring substituents is 1. The van der Waals surface area contributed by atoms with Crippen molar-refractivity contribution in [2.45, 2.75) is 18.2 Å². The van der Waals surface area contributed by atoms with E-state index in [2.05, 4.69) is 0 Å². The van der Waals surface area contributed by atoms with Gasteiger partial charge in [-0.1, -0.05) is 18.2 Å². The molecule has 112 valence electrons. The van der Waals surface area contributed by atoms with Crippen LogP contribution in [0.4, 0.5) is 5.69 Å². The molecule has 9 heteroatoms. The molecule has 0 fully saturated rings. The van der Waals surface area contributed by atoms with Crippen LogP contribution in [-0.4, -0.2) is 30.5 Å². The second-order valence-electron chi connectivity index (χ2n) is 4.06. The Morgan fingerprint density at radius 2 is 2.10 bits per heavy atom. The van der Waals surface area contributed by atoms with Gasteiger partial charge in [0.1, 0.15) is 6.04 Å². The second kappa shape index (κ2) is 6.83. The summed E-state index contributed by atoms with van der Waals surface area (Å²) in [5, 5.41) is 19.7. The second-order valence-corrected chi connectivity index (χ2v) is 5.82. The van der Waals surface area contributed by atoms with Crippen molar-refractivity contribution < 1.29 is 23.2 Å². The van der Waals surface area contributed by atoms with Crippen molar-refractivity contribution in [1.82, 2.24) is 4.72 Å². The van der Waals surface area contributed by atoms with Crippen molar-refractivity contribution >= 4 is 21.7 Å². The average Bonchev–Trinajstić information content (AvgIpc) is 2.37. The van der Waals surface area contributed by atoms with Gasteiger partial charge in [-0.2, -0.15) is 4.72 Å². The average molecular weight is 312 g/mol. The van der Waals surface area contributed by atoms with Crippen molar-refractivity contribution in [3.8, 4) is 12.3 Å². The molecule has 1 rings (SSSR count). The van der Waals surface area contributed by atoms with Crippen LogP contribution in [0.25, 0.3) is 0 Å². The number of nitrogens with zero attached hydrogens (tertiary/aromatic N) is 1. The Kier molecular flexibility index (Phi) is 5.40. The summed E-state index contributed by atoms with van der Waals surface area (Å²) < 4.78 is 25.7. The normalized spacial score (nSPS) is 12.3. The Labute approximate surface area is 121 Å². The Balaban J connectivity index is 2.99. The number of nitrogens with one attached hydrogen (secondary N) is 1. The summed E-state index contributed by atoms with van der Waals surface area (Å²) >= 11 is 0. The lowest BCUT2D eigenvalue weighted by Crippen LogP contribution is -2.41. The smallest absolute Gasteiger partial charge is 0.322 e. The first-order valence-electron chi connectivity index (χ1n) is 5.65. The molecule has 1 aromatic rings. The van der Waals surface area contributed by atoms with E-state index in [0.29, 0.717) is 0 Å². The van der Waals surface area contributed by atoms with Gasteiger partial charge in [0.25, 0.3) is 5.69 Å². The number of benzene rings is 1. The molecule has 8 nitrogen and oxygen atoms in total. The topological polar surface area (TPSA) is 127 Å². The molecule has 1 atom stereocenters. The zero-order valence-electron chi connectivity index (χ0n) is 10.7. The number of nitro groups is 1. The van der Waals surface area contributed by atoms with E-state index in [9.17, 15) is 23.3 Å². The quantitative estimate of drug-likeness (QED) is 0.428. The van der Waals surface area contributed by atoms with Gasteiger partial charge < -0.3 is 5.11 Å². The summed E-state index contributed by atoms with van der Waals surface area (Å²) in [5.41, 5.74) is -0.397. The zero-order chi connectivity index (χ0) is 16.0. The number of carbonyl (C=O) groups is 1. The van der Waals surface area contributed by atoms with Crippen LogP contribution >= 0.6 is 0 Å². The molecule has 0 aliphatic rings. The predicted octanol–water partition coefficient (Wildman–Crippen LogP) is 0.491. The van der Waals surface area contributed by atoms with Crippen molar-refractivity contribution in [2.75, 3.05) is 0 Å². The maximum absolute atomic E-state index is 11.9. The summed E-state index contributed by atoms with van der Waals surface area (Å²) in [5.74, 6) is -0.0781. The summed E-state index contributed by atoms with van der Waals surface area (Å²) in [6, 6.07) is 3.84. The maximum atomic E-state index is 11.9. The fraction of sp³-hybridized carbons (Fsp3) is 0.250. The highest BCUT2D eigenvalue weighted by atomic mass is 32.2. The molecule has 21 heavy (non-hydrogen) atoms. The van der Waals surface area contributed by atoms with Gasteiger partial charge in [0.2, 0.25) is 10.0 Å². The zero-order valence-corrected chi connectivity index (χ0v) is 11.5. The molecule has 0 bridgehead atoms. The van der Waals surface area contributed by atoms with E-state index in [4.69, 9.17) is 11.5 Å². The van der Waals surface area contributed by atoms with Crippen LogP contribution in [0.1, 0.15) is 12.0 Å². The highest BCUT2D eigenvalue weighted by Gasteiger charge is 2.25. The number of carboxylic acid groups (broad SMARTS) is 1. The van der Waals surface area contributed by atoms with Crippen LogP contribution in [-0.2, 0) is 20.6 Å². The van der Waals surface area contributed by atoms with Gasteiger partial charge in [0.05, 0.1) is 10.7 Å². The third-order valence-corrected chi connectivity index (χ3v) is 3.81. The van der Waals surface area contributed by atoms with E-state index in [0.717, 1.165) is 0 Å². The number of rotatable bonds is 7.